The number of hydrogen-bond acceptors (Lipinski definition) is 4. The molecule has 1 aromatic heterocycles. The van der Waals surface area contributed by atoms with E-state index in [1.54, 1.807) is 0 Å². The summed E-state index contributed by atoms with van der Waals surface area (Å²) in [7, 11) is 0. The average Bonchev–Trinajstić information content (AvgIpc) is 3.74. The zero-order chi connectivity index (χ0) is 27.2. The molecule has 6 nitrogen and oxygen atoms in total. The molecule has 2 aliphatic carbocycles. The van der Waals surface area contributed by atoms with Gasteiger partial charge in [0.2, 0.25) is 0 Å². The highest BCUT2D eigenvalue weighted by atomic mass is 16.6. The standard InChI is InChI=1S/C32H34N2O.CH2O3/c1-22-31(33-30-10-6-5-9-29(30)21-23-7-3-2-4-8-23)32(35-34-22)28-19-17-27(18-20-28)26-15-13-25(14-16-26)24-11-12-24;2-1(3)4/h2-4,7-8,13-20,24,29-30,33H,5-6,9-12,21H2,1H3;(H2,2,3,4). The van der Waals surface area contributed by atoms with Crippen LogP contribution in [0.25, 0.3) is 22.5 Å². The molecular formula is C33H36N2O4. The number of nitrogens with one attached hydrogen (secondary N) is 1. The Morgan fingerprint density at radius 2 is 1.44 bits per heavy atom. The lowest BCUT2D eigenvalue weighted by Gasteiger charge is -2.33. The molecule has 2 atom stereocenters. The highest BCUT2D eigenvalue weighted by Gasteiger charge is 2.28. The number of hydrogen-bond donors (Lipinski definition) is 3. The molecule has 0 spiro atoms. The maximum absolute atomic E-state index is 8.56. The van der Waals surface area contributed by atoms with Crippen LogP contribution in [0.5, 0.6) is 0 Å². The number of nitrogens with zero attached hydrogens (tertiary/aromatic N) is 1. The van der Waals surface area contributed by atoms with Gasteiger partial charge in [-0.1, -0.05) is 96.9 Å². The fourth-order valence-corrected chi connectivity index (χ4v) is 5.66. The summed E-state index contributed by atoms with van der Waals surface area (Å²) >= 11 is 0. The van der Waals surface area contributed by atoms with E-state index < -0.39 is 6.16 Å². The Kier molecular flexibility index (Phi) is 8.30. The Bertz CT molecular complexity index is 1360. The molecule has 6 heteroatoms. The second kappa shape index (κ2) is 12.2. The average molecular weight is 525 g/mol. The highest BCUT2D eigenvalue weighted by molar-refractivity contribution is 5.77. The summed E-state index contributed by atoms with van der Waals surface area (Å²) in [6.07, 6.45) is 7.01. The molecule has 4 aromatic rings. The molecule has 0 saturated heterocycles. The van der Waals surface area contributed by atoms with Crippen molar-refractivity contribution in [1.82, 2.24) is 5.16 Å². The number of aromatic nitrogens is 1. The minimum Gasteiger partial charge on any atom is -0.450 e. The Morgan fingerprint density at radius 1 is 0.846 bits per heavy atom. The maximum atomic E-state index is 8.56. The first-order valence-electron chi connectivity index (χ1n) is 13.9. The zero-order valence-electron chi connectivity index (χ0n) is 22.3. The van der Waals surface area contributed by atoms with E-state index in [9.17, 15) is 0 Å². The quantitative estimate of drug-likeness (QED) is 0.224. The lowest BCUT2D eigenvalue weighted by Crippen LogP contribution is -2.33. The van der Waals surface area contributed by atoms with Crippen LogP contribution in [0.15, 0.2) is 83.4 Å². The van der Waals surface area contributed by atoms with Gasteiger partial charge < -0.3 is 20.1 Å². The molecule has 202 valence electrons. The van der Waals surface area contributed by atoms with Gasteiger partial charge in [0.05, 0.1) is 0 Å². The third kappa shape index (κ3) is 6.88. The minimum absolute atomic E-state index is 0.435. The summed E-state index contributed by atoms with van der Waals surface area (Å²) < 4.78 is 5.86. The smallest absolute Gasteiger partial charge is 0.450 e. The van der Waals surface area contributed by atoms with E-state index in [0.29, 0.717) is 12.0 Å². The maximum Gasteiger partial charge on any atom is 0.503 e. The lowest BCUT2D eigenvalue weighted by molar-refractivity contribution is 0.137. The number of carboxylic acid groups (broad SMARTS) is 2. The van der Waals surface area contributed by atoms with Crippen LogP contribution in [0.2, 0.25) is 0 Å². The van der Waals surface area contributed by atoms with Gasteiger partial charge in [0.25, 0.3) is 0 Å². The van der Waals surface area contributed by atoms with Crippen LogP contribution in [-0.2, 0) is 6.42 Å². The monoisotopic (exact) mass is 524 g/mol. The van der Waals surface area contributed by atoms with E-state index in [-0.39, 0.29) is 0 Å². The Balaban J connectivity index is 0.000000723. The molecule has 0 amide bonds. The molecular weight excluding hydrogens is 488 g/mol. The third-order valence-electron chi connectivity index (χ3n) is 7.88. The van der Waals surface area contributed by atoms with Crippen molar-refractivity contribution >= 4 is 11.8 Å². The first-order chi connectivity index (χ1) is 19.0. The van der Waals surface area contributed by atoms with E-state index in [0.717, 1.165) is 35.0 Å². The summed E-state index contributed by atoms with van der Waals surface area (Å²) in [5, 5.41) is 22.2. The topological polar surface area (TPSA) is 95.6 Å². The summed E-state index contributed by atoms with van der Waals surface area (Å²) in [5.74, 6) is 2.26. The van der Waals surface area contributed by atoms with Crippen LogP contribution in [0.1, 0.15) is 61.3 Å². The second-order valence-corrected chi connectivity index (χ2v) is 10.7. The van der Waals surface area contributed by atoms with E-state index in [2.05, 4.69) is 89.3 Å². The molecule has 0 bridgehead atoms. The van der Waals surface area contributed by atoms with E-state index in [1.807, 2.05) is 6.92 Å². The van der Waals surface area contributed by atoms with Gasteiger partial charge in [0.1, 0.15) is 11.4 Å². The van der Waals surface area contributed by atoms with Crippen molar-refractivity contribution in [3.05, 3.63) is 95.7 Å². The molecule has 1 heterocycles. The predicted octanol–water partition coefficient (Wildman–Crippen LogP) is 8.63. The van der Waals surface area contributed by atoms with Gasteiger partial charge in [0.15, 0.2) is 5.76 Å². The summed E-state index contributed by atoms with van der Waals surface area (Å²) in [6, 6.07) is 29.1. The number of carbonyl (C=O) groups is 1. The molecule has 6 rings (SSSR count). The van der Waals surface area contributed by atoms with Crippen LogP contribution >= 0.6 is 0 Å². The largest absolute Gasteiger partial charge is 0.503 e. The fraction of sp³-hybridized carbons (Fsp3) is 0.333. The zero-order valence-corrected chi connectivity index (χ0v) is 22.3. The van der Waals surface area contributed by atoms with Crippen molar-refractivity contribution in [3.63, 3.8) is 0 Å². The molecule has 39 heavy (non-hydrogen) atoms. The fourth-order valence-electron chi connectivity index (χ4n) is 5.66. The van der Waals surface area contributed by atoms with Gasteiger partial charge >= 0.3 is 6.16 Å². The Morgan fingerprint density at radius 3 is 2.08 bits per heavy atom. The number of anilines is 1. The Labute approximate surface area is 229 Å². The van der Waals surface area contributed by atoms with E-state index in [1.165, 1.54) is 60.8 Å². The van der Waals surface area contributed by atoms with Crippen LogP contribution in [0.4, 0.5) is 10.5 Å². The van der Waals surface area contributed by atoms with Gasteiger partial charge in [-0.3, -0.25) is 0 Å². The van der Waals surface area contributed by atoms with Crippen molar-refractivity contribution in [2.75, 3.05) is 5.32 Å². The van der Waals surface area contributed by atoms with Gasteiger partial charge in [-0.25, -0.2) is 4.79 Å². The van der Waals surface area contributed by atoms with E-state index in [4.69, 9.17) is 19.5 Å². The minimum atomic E-state index is -1.83. The molecule has 2 unspecified atom stereocenters. The molecule has 2 aliphatic rings. The van der Waals surface area contributed by atoms with Gasteiger partial charge in [0, 0.05) is 11.6 Å². The number of rotatable bonds is 7. The SMILES string of the molecule is Cc1noc(-c2ccc(-c3ccc(C4CC4)cc3)cc2)c1NC1CCCCC1Cc1ccccc1.O=C(O)O. The van der Waals surface area contributed by atoms with Crippen LogP contribution in [0, 0.1) is 12.8 Å². The number of aryl methyl sites for hydroxylation is 1. The van der Waals surface area contributed by atoms with Gasteiger partial charge in [-0.15, -0.1) is 0 Å². The van der Waals surface area contributed by atoms with Crippen LogP contribution in [-0.4, -0.2) is 27.6 Å². The second-order valence-electron chi connectivity index (χ2n) is 10.7. The molecule has 0 aliphatic heterocycles. The van der Waals surface area contributed by atoms with Crippen molar-refractivity contribution in [2.24, 2.45) is 5.92 Å². The first kappa shape index (κ1) is 26.5. The summed E-state index contributed by atoms with van der Waals surface area (Å²) in [4.78, 5) is 8.56. The van der Waals surface area contributed by atoms with Crippen molar-refractivity contribution < 1.29 is 19.5 Å². The van der Waals surface area contributed by atoms with Crippen molar-refractivity contribution in [3.8, 4) is 22.5 Å². The molecule has 3 aromatic carbocycles. The molecule has 0 radical (unpaired) electrons. The van der Waals surface area contributed by atoms with Crippen LogP contribution < -0.4 is 5.32 Å². The van der Waals surface area contributed by atoms with Gasteiger partial charge in [-0.2, -0.15) is 0 Å². The first-order valence-corrected chi connectivity index (χ1v) is 13.9. The van der Waals surface area contributed by atoms with Crippen molar-refractivity contribution in [1.29, 1.82) is 0 Å². The lowest BCUT2D eigenvalue weighted by atomic mass is 9.80. The molecule has 2 saturated carbocycles. The van der Waals surface area contributed by atoms with Crippen LogP contribution in [0.3, 0.4) is 0 Å². The Hall–Kier alpha value is -4.06. The normalized spacial score (nSPS) is 18.6. The molecule has 2 fully saturated rings. The summed E-state index contributed by atoms with van der Waals surface area (Å²) in [6.45, 7) is 2.04. The van der Waals surface area contributed by atoms with E-state index >= 15 is 0 Å². The van der Waals surface area contributed by atoms with Crippen molar-refractivity contribution in [2.45, 2.75) is 63.8 Å². The highest BCUT2D eigenvalue weighted by Crippen LogP contribution is 2.41. The predicted molar refractivity (Wildman–Crippen MR) is 154 cm³/mol. The molecule has 3 N–H and O–H groups in total. The number of benzene rings is 3. The third-order valence-corrected chi connectivity index (χ3v) is 7.88. The van der Waals surface area contributed by atoms with Gasteiger partial charge in [-0.05, 0) is 73.1 Å². The summed E-state index contributed by atoms with van der Waals surface area (Å²) in [5.41, 5.74) is 8.46.